The molecular weight excluding hydrogens is 418 g/mol. The summed E-state index contributed by atoms with van der Waals surface area (Å²) in [5, 5.41) is 10.3. The lowest BCUT2D eigenvalue weighted by Gasteiger charge is -2.56. The Morgan fingerprint density at radius 1 is 1.03 bits per heavy atom. The summed E-state index contributed by atoms with van der Waals surface area (Å²) >= 11 is 0. The van der Waals surface area contributed by atoms with Crippen LogP contribution < -0.4 is 0 Å². The predicted octanol–water partition coefficient (Wildman–Crippen LogP) is 5.64. The summed E-state index contributed by atoms with van der Waals surface area (Å²) < 4.78 is 0. The van der Waals surface area contributed by atoms with Crippen LogP contribution in [-0.4, -0.2) is 34.9 Å². The van der Waals surface area contributed by atoms with Crippen molar-refractivity contribution in [3.8, 4) is 5.75 Å². The number of hydrogen-bond acceptors (Lipinski definition) is 3. The number of fused-ring (bicyclic) bond motifs is 4. The highest BCUT2D eigenvalue weighted by Gasteiger charge is 2.52. The number of ketones is 1. The number of Topliss-reactive ketones (excluding diaryl/α,β-unsaturated/α-hetero) is 1. The maximum Gasteiger partial charge on any atom is 0.164 e. The van der Waals surface area contributed by atoms with Gasteiger partial charge in [-0.2, -0.15) is 0 Å². The molecule has 1 aliphatic heterocycles. The number of likely N-dealkylation sites (tertiary alicyclic amines) is 1. The van der Waals surface area contributed by atoms with Crippen molar-refractivity contribution in [1.29, 1.82) is 0 Å². The van der Waals surface area contributed by atoms with E-state index in [2.05, 4.69) is 48.2 Å². The molecule has 3 aromatic rings. The topological polar surface area (TPSA) is 40.5 Å². The maximum atomic E-state index is 12.7. The van der Waals surface area contributed by atoms with E-state index in [-0.39, 0.29) is 23.6 Å². The number of aromatic hydroxyl groups is 1. The molecular formula is C28H30ClNO2. The second-order valence-electron chi connectivity index (χ2n) is 9.06. The average molecular weight is 448 g/mol. The van der Waals surface area contributed by atoms with Gasteiger partial charge in [0.05, 0.1) is 0 Å². The fourth-order valence-electron chi connectivity index (χ4n) is 6.02. The highest BCUT2D eigenvalue weighted by Crippen LogP contribution is 2.53. The number of carbonyl (C=O) groups excluding carboxylic acids is 1. The molecule has 3 unspecified atom stereocenters. The molecule has 0 radical (unpaired) electrons. The number of phenolic OH excluding ortho intramolecular Hbond substituents is 1. The number of piperidine rings is 1. The SMILES string of the molecule is CC1C2Cc3ccc(O)cc3C1(c1ccccc1)CCN2CCC(=O)c1ccccc1.Cl. The van der Waals surface area contributed by atoms with Crippen LogP contribution in [0.5, 0.6) is 5.75 Å². The van der Waals surface area contributed by atoms with Crippen molar-refractivity contribution in [3.63, 3.8) is 0 Å². The van der Waals surface area contributed by atoms with Crippen LogP contribution in [0.4, 0.5) is 0 Å². The third-order valence-corrected chi connectivity index (χ3v) is 7.63. The first-order valence-corrected chi connectivity index (χ1v) is 11.3. The largest absolute Gasteiger partial charge is 0.508 e. The molecule has 3 nitrogen and oxygen atoms in total. The van der Waals surface area contributed by atoms with Gasteiger partial charge in [-0.15, -0.1) is 12.4 Å². The Balaban J connectivity index is 0.00000245. The van der Waals surface area contributed by atoms with E-state index < -0.39 is 0 Å². The van der Waals surface area contributed by atoms with Crippen molar-refractivity contribution in [2.24, 2.45) is 5.92 Å². The van der Waals surface area contributed by atoms with E-state index in [1.165, 1.54) is 16.7 Å². The molecule has 1 heterocycles. The van der Waals surface area contributed by atoms with Gasteiger partial charge in [0.25, 0.3) is 0 Å². The second kappa shape index (κ2) is 9.09. The van der Waals surface area contributed by atoms with Crippen LogP contribution in [0.2, 0.25) is 0 Å². The summed E-state index contributed by atoms with van der Waals surface area (Å²) in [7, 11) is 0. The first-order valence-electron chi connectivity index (χ1n) is 11.3. The van der Waals surface area contributed by atoms with Gasteiger partial charge in [-0.25, -0.2) is 0 Å². The molecule has 0 amide bonds. The lowest BCUT2D eigenvalue weighted by molar-refractivity contribution is 0.0395. The predicted molar refractivity (Wildman–Crippen MR) is 131 cm³/mol. The molecule has 1 fully saturated rings. The number of phenols is 1. The van der Waals surface area contributed by atoms with E-state index in [9.17, 15) is 9.90 Å². The average Bonchev–Trinajstić information content (AvgIpc) is 2.80. The quantitative estimate of drug-likeness (QED) is 0.514. The summed E-state index contributed by atoms with van der Waals surface area (Å²) in [5.41, 5.74) is 4.64. The molecule has 3 aromatic carbocycles. The third-order valence-electron chi connectivity index (χ3n) is 7.63. The number of benzene rings is 3. The zero-order valence-corrected chi connectivity index (χ0v) is 19.2. The third kappa shape index (κ3) is 3.74. The summed E-state index contributed by atoms with van der Waals surface area (Å²) in [6.45, 7) is 4.11. The monoisotopic (exact) mass is 447 g/mol. The Hall–Kier alpha value is -2.62. The lowest BCUT2D eigenvalue weighted by atomic mass is 9.55. The van der Waals surface area contributed by atoms with E-state index in [1.54, 1.807) is 0 Å². The van der Waals surface area contributed by atoms with Crippen molar-refractivity contribution in [3.05, 3.63) is 101 Å². The highest BCUT2D eigenvalue weighted by atomic mass is 35.5. The van der Waals surface area contributed by atoms with Crippen LogP contribution in [0.3, 0.4) is 0 Å². The van der Waals surface area contributed by atoms with Crippen molar-refractivity contribution in [2.75, 3.05) is 13.1 Å². The van der Waals surface area contributed by atoms with E-state index in [1.807, 2.05) is 42.5 Å². The number of nitrogens with zero attached hydrogens (tertiary/aromatic N) is 1. The number of rotatable bonds is 5. The molecule has 5 rings (SSSR count). The first-order chi connectivity index (χ1) is 15.1. The number of carbonyl (C=O) groups is 1. The summed E-state index contributed by atoms with van der Waals surface area (Å²) in [6, 6.07) is 26.7. The van der Waals surface area contributed by atoms with E-state index in [4.69, 9.17) is 0 Å². The van der Waals surface area contributed by atoms with Gasteiger partial charge in [0.1, 0.15) is 5.75 Å². The molecule has 2 aliphatic rings. The fourth-order valence-corrected chi connectivity index (χ4v) is 6.02. The standard InChI is InChI=1S/C28H29NO2.ClH/c1-20-26-18-22-12-13-24(30)19-25(22)28(20,23-10-6-3-7-11-23)15-17-29(26)16-14-27(31)21-8-4-2-5-9-21;/h2-13,19-20,26,30H,14-18H2,1H3;1H. The number of hydrogen-bond donors (Lipinski definition) is 1. The Morgan fingerprint density at radius 3 is 2.44 bits per heavy atom. The van der Waals surface area contributed by atoms with Gasteiger partial charge in [0.2, 0.25) is 0 Å². The van der Waals surface area contributed by atoms with Crippen LogP contribution in [0.25, 0.3) is 0 Å². The van der Waals surface area contributed by atoms with Gasteiger partial charge in [-0.3, -0.25) is 9.69 Å². The second-order valence-corrected chi connectivity index (χ2v) is 9.06. The minimum atomic E-state index is -0.0990. The van der Waals surface area contributed by atoms with Crippen LogP contribution in [0.1, 0.15) is 46.8 Å². The van der Waals surface area contributed by atoms with Gasteiger partial charge in [-0.05, 0) is 54.1 Å². The van der Waals surface area contributed by atoms with Gasteiger partial charge in [0.15, 0.2) is 5.78 Å². The molecule has 0 saturated carbocycles. The summed E-state index contributed by atoms with van der Waals surface area (Å²) in [5.74, 6) is 0.953. The minimum absolute atomic E-state index is 0. The smallest absolute Gasteiger partial charge is 0.164 e. The van der Waals surface area contributed by atoms with Gasteiger partial charge >= 0.3 is 0 Å². The minimum Gasteiger partial charge on any atom is -0.508 e. The van der Waals surface area contributed by atoms with Crippen molar-refractivity contribution in [1.82, 2.24) is 4.90 Å². The molecule has 0 aromatic heterocycles. The van der Waals surface area contributed by atoms with Gasteiger partial charge in [0, 0.05) is 30.0 Å². The van der Waals surface area contributed by atoms with Gasteiger partial charge < -0.3 is 5.11 Å². The Labute approximate surface area is 196 Å². The van der Waals surface area contributed by atoms with Crippen molar-refractivity contribution >= 4 is 18.2 Å². The summed E-state index contributed by atoms with van der Waals surface area (Å²) in [6.07, 6.45) is 2.50. The van der Waals surface area contributed by atoms with Crippen LogP contribution in [-0.2, 0) is 11.8 Å². The molecule has 4 heteroatoms. The Morgan fingerprint density at radius 2 is 1.72 bits per heavy atom. The zero-order chi connectivity index (χ0) is 21.4. The molecule has 166 valence electrons. The first kappa shape index (κ1) is 22.6. The van der Waals surface area contributed by atoms with Crippen LogP contribution in [0, 0.1) is 5.92 Å². The van der Waals surface area contributed by atoms with Crippen molar-refractivity contribution in [2.45, 2.75) is 37.6 Å². The van der Waals surface area contributed by atoms with Crippen LogP contribution >= 0.6 is 12.4 Å². The van der Waals surface area contributed by atoms with E-state index >= 15 is 0 Å². The molecule has 1 saturated heterocycles. The van der Waals surface area contributed by atoms with Crippen LogP contribution in [0.15, 0.2) is 78.9 Å². The molecule has 2 bridgehead atoms. The zero-order valence-electron chi connectivity index (χ0n) is 18.4. The van der Waals surface area contributed by atoms with Crippen molar-refractivity contribution < 1.29 is 9.90 Å². The fraction of sp³-hybridized carbons (Fsp3) is 0.321. The van der Waals surface area contributed by atoms with E-state index in [0.717, 1.165) is 31.5 Å². The summed E-state index contributed by atoms with van der Waals surface area (Å²) in [4.78, 5) is 15.2. The molecule has 32 heavy (non-hydrogen) atoms. The Kier molecular flexibility index (Phi) is 6.41. The van der Waals surface area contributed by atoms with Gasteiger partial charge in [-0.1, -0.05) is 73.7 Å². The highest BCUT2D eigenvalue weighted by molar-refractivity contribution is 5.96. The normalized spacial score (nSPS) is 24.3. The number of halogens is 1. The molecule has 1 aliphatic carbocycles. The molecule has 1 N–H and O–H groups in total. The molecule has 3 atom stereocenters. The maximum absolute atomic E-state index is 12.7. The lowest BCUT2D eigenvalue weighted by Crippen LogP contribution is -2.59. The van der Waals surface area contributed by atoms with E-state index in [0.29, 0.717) is 24.1 Å². The Bertz CT molecular complexity index is 1090. The molecule has 0 spiro atoms.